The molecule has 0 aliphatic carbocycles. The first-order valence-electron chi connectivity index (χ1n) is 8.71. The first kappa shape index (κ1) is 21.8. The van der Waals surface area contributed by atoms with E-state index in [-0.39, 0.29) is 23.3 Å². The van der Waals surface area contributed by atoms with Gasteiger partial charge in [0.05, 0.1) is 17.9 Å². The van der Waals surface area contributed by atoms with Crippen LogP contribution in [0.15, 0.2) is 48.5 Å². The Morgan fingerprint density at radius 1 is 1.11 bits per heavy atom. The third-order valence-corrected chi connectivity index (χ3v) is 4.42. The van der Waals surface area contributed by atoms with Gasteiger partial charge in [0, 0.05) is 25.1 Å². The molecule has 0 aliphatic rings. The zero-order chi connectivity index (χ0) is 20.4. The first-order valence-corrected chi connectivity index (χ1v) is 9.50. The van der Waals surface area contributed by atoms with Gasteiger partial charge < -0.3 is 20.7 Å². The lowest BCUT2D eigenvalue weighted by Gasteiger charge is -2.13. The topological polar surface area (TPSA) is 79.5 Å². The van der Waals surface area contributed by atoms with Gasteiger partial charge in [-0.05, 0) is 42.4 Å². The monoisotopic (exact) mass is 419 g/mol. The number of halogens is 1. The molecule has 0 atom stereocenters. The molecule has 2 amide bonds. The summed E-state index contributed by atoms with van der Waals surface area (Å²) in [6.45, 7) is 0.814. The molecule has 2 aromatic carbocycles. The predicted molar refractivity (Wildman–Crippen MR) is 115 cm³/mol. The SMILES string of the molecule is COCCNC(=O)c1ccccc1NC(=S)NC(=O)CCc1ccccc1Cl. The van der Waals surface area contributed by atoms with Gasteiger partial charge in [0.2, 0.25) is 5.91 Å². The van der Waals surface area contributed by atoms with Gasteiger partial charge in [-0.3, -0.25) is 9.59 Å². The van der Waals surface area contributed by atoms with E-state index in [1.807, 2.05) is 18.2 Å². The number of thiocarbonyl (C=S) groups is 1. The van der Waals surface area contributed by atoms with Gasteiger partial charge in [-0.15, -0.1) is 0 Å². The van der Waals surface area contributed by atoms with Crippen molar-refractivity contribution >= 4 is 46.4 Å². The van der Waals surface area contributed by atoms with Gasteiger partial charge >= 0.3 is 0 Å². The van der Waals surface area contributed by atoms with Gasteiger partial charge in [-0.25, -0.2) is 0 Å². The summed E-state index contributed by atoms with van der Waals surface area (Å²) in [5.41, 5.74) is 1.83. The minimum Gasteiger partial charge on any atom is -0.383 e. The standard InChI is InChI=1S/C20H22ClN3O3S/c1-27-13-12-22-19(26)15-7-3-5-9-17(15)23-20(28)24-18(25)11-10-14-6-2-4-8-16(14)21/h2-9H,10-13H2,1H3,(H,22,26)(H2,23,24,25,28). The molecule has 28 heavy (non-hydrogen) atoms. The van der Waals surface area contributed by atoms with Crippen LogP contribution in [0.4, 0.5) is 5.69 Å². The summed E-state index contributed by atoms with van der Waals surface area (Å²) in [7, 11) is 1.56. The third kappa shape index (κ3) is 6.92. The molecule has 0 saturated carbocycles. The molecule has 0 aliphatic heterocycles. The number of carbonyl (C=O) groups excluding carboxylic acids is 2. The number of methoxy groups -OCH3 is 1. The minimum atomic E-state index is -0.256. The molecule has 3 N–H and O–H groups in total. The van der Waals surface area contributed by atoms with Gasteiger partial charge in [0.15, 0.2) is 5.11 Å². The van der Waals surface area contributed by atoms with Crippen LogP contribution in [0.2, 0.25) is 5.02 Å². The Hall–Kier alpha value is -2.48. The van der Waals surface area contributed by atoms with Gasteiger partial charge in [-0.2, -0.15) is 0 Å². The number of carbonyl (C=O) groups is 2. The quantitative estimate of drug-likeness (QED) is 0.452. The van der Waals surface area contributed by atoms with Crippen LogP contribution in [0.3, 0.4) is 0 Å². The number of rotatable bonds is 8. The molecular weight excluding hydrogens is 398 g/mol. The summed E-state index contributed by atoms with van der Waals surface area (Å²) < 4.78 is 4.92. The van der Waals surface area contributed by atoms with Crippen LogP contribution in [0.5, 0.6) is 0 Å². The molecule has 0 bridgehead atoms. The number of benzene rings is 2. The van der Waals surface area contributed by atoms with E-state index in [0.29, 0.717) is 35.8 Å². The smallest absolute Gasteiger partial charge is 0.253 e. The highest BCUT2D eigenvalue weighted by molar-refractivity contribution is 7.80. The Labute approximate surface area is 174 Å². The number of amides is 2. The minimum absolute atomic E-state index is 0.126. The molecule has 0 aromatic heterocycles. The maximum absolute atomic E-state index is 12.3. The number of aryl methyl sites for hydroxylation is 1. The van der Waals surface area contributed by atoms with Crippen molar-refractivity contribution in [2.45, 2.75) is 12.8 Å². The van der Waals surface area contributed by atoms with Crippen molar-refractivity contribution in [1.82, 2.24) is 10.6 Å². The van der Waals surface area contributed by atoms with Crippen molar-refractivity contribution in [1.29, 1.82) is 0 Å². The van der Waals surface area contributed by atoms with Crippen molar-refractivity contribution < 1.29 is 14.3 Å². The lowest BCUT2D eigenvalue weighted by molar-refractivity contribution is -0.119. The van der Waals surface area contributed by atoms with Crippen LogP contribution in [-0.4, -0.2) is 37.2 Å². The van der Waals surface area contributed by atoms with Crippen LogP contribution in [0.25, 0.3) is 0 Å². The lowest BCUT2D eigenvalue weighted by atomic mass is 10.1. The average molecular weight is 420 g/mol. The maximum atomic E-state index is 12.3. The molecule has 8 heteroatoms. The highest BCUT2D eigenvalue weighted by Gasteiger charge is 2.13. The second kappa shape index (κ2) is 11.4. The van der Waals surface area contributed by atoms with Gasteiger partial charge in [0.1, 0.15) is 0 Å². The Bertz CT molecular complexity index is 845. The van der Waals surface area contributed by atoms with E-state index in [0.717, 1.165) is 5.56 Å². The molecule has 6 nitrogen and oxygen atoms in total. The second-order valence-corrected chi connectivity index (χ2v) is 6.70. The molecule has 0 heterocycles. The summed E-state index contributed by atoms with van der Waals surface area (Å²) in [4.78, 5) is 24.4. The van der Waals surface area contributed by atoms with Gasteiger partial charge in [0.25, 0.3) is 5.91 Å². The molecular formula is C20H22ClN3O3S. The van der Waals surface area contributed by atoms with E-state index in [4.69, 9.17) is 28.6 Å². The predicted octanol–water partition coefficient (Wildman–Crippen LogP) is 3.16. The number of anilines is 1. The fourth-order valence-electron chi connectivity index (χ4n) is 2.44. The summed E-state index contributed by atoms with van der Waals surface area (Å²) in [6, 6.07) is 14.3. The zero-order valence-electron chi connectivity index (χ0n) is 15.5. The normalized spacial score (nSPS) is 10.2. The number of ether oxygens (including phenoxy) is 1. The van der Waals surface area contributed by atoms with E-state index < -0.39 is 0 Å². The highest BCUT2D eigenvalue weighted by Crippen LogP contribution is 2.17. The van der Waals surface area contributed by atoms with Crippen molar-refractivity contribution in [2.24, 2.45) is 0 Å². The number of hydrogen-bond donors (Lipinski definition) is 3. The summed E-state index contributed by atoms with van der Waals surface area (Å²) in [5, 5.41) is 9.03. The van der Waals surface area contributed by atoms with Crippen LogP contribution < -0.4 is 16.0 Å². The lowest BCUT2D eigenvalue weighted by Crippen LogP contribution is -2.35. The molecule has 0 spiro atoms. The van der Waals surface area contributed by atoms with Crippen LogP contribution in [0, 0.1) is 0 Å². The van der Waals surface area contributed by atoms with Gasteiger partial charge in [-0.1, -0.05) is 41.9 Å². The van der Waals surface area contributed by atoms with Crippen molar-refractivity contribution in [2.75, 3.05) is 25.6 Å². The van der Waals surface area contributed by atoms with E-state index in [2.05, 4.69) is 16.0 Å². The molecule has 0 unspecified atom stereocenters. The van der Waals surface area contributed by atoms with E-state index in [1.165, 1.54) is 0 Å². The van der Waals surface area contributed by atoms with Crippen molar-refractivity contribution in [3.8, 4) is 0 Å². The van der Waals surface area contributed by atoms with Crippen molar-refractivity contribution in [3.05, 3.63) is 64.7 Å². The number of nitrogens with one attached hydrogen (secondary N) is 3. The summed E-state index contributed by atoms with van der Waals surface area (Å²) in [6.07, 6.45) is 0.747. The number of para-hydroxylation sites is 1. The Kier molecular flexibility index (Phi) is 8.87. The Morgan fingerprint density at radius 2 is 1.82 bits per heavy atom. The molecule has 148 valence electrons. The Morgan fingerprint density at radius 3 is 2.57 bits per heavy atom. The zero-order valence-corrected chi connectivity index (χ0v) is 17.0. The molecule has 0 radical (unpaired) electrons. The van der Waals surface area contributed by atoms with Crippen LogP contribution in [-0.2, 0) is 16.0 Å². The fraction of sp³-hybridized carbons (Fsp3) is 0.250. The molecule has 0 fully saturated rings. The van der Waals surface area contributed by atoms with E-state index in [1.54, 1.807) is 37.4 Å². The summed E-state index contributed by atoms with van der Waals surface area (Å²) in [5.74, 6) is -0.493. The Balaban J connectivity index is 1.89. The maximum Gasteiger partial charge on any atom is 0.253 e. The molecule has 0 saturated heterocycles. The van der Waals surface area contributed by atoms with E-state index in [9.17, 15) is 9.59 Å². The highest BCUT2D eigenvalue weighted by atomic mass is 35.5. The average Bonchev–Trinajstić information content (AvgIpc) is 2.67. The molecule has 2 aromatic rings. The van der Waals surface area contributed by atoms with E-state index >= 15 is 0 Å². The van der Waals surface area contributed by atoms with Crippen LogP contribution in [0.1, 0.15) is 22.3 Å². The van der Waals surface area contributed by atoms with Crippen LogP contribution >= 0.6 is 23.8 Å². The fourth-order valence-corrected chi connectivity index (χ4v) is 2.90. The van der Waals surface area contributed by atoms with Crippen molar-refractivity contribution in [3.63, 3.8) is 0 Å². The summed E-state index contributed by atoms with van der Waals surface area (Å²) >= 11 is 11.3. The largest absolute Gasteiger partial charge is 0.383 e. The molecule has 2 rings (SSSR count). The first-order chi connectivity index (χ1) is 13.5. The second-order valence-electron chi connectivity index (χ2n) is 5.89. The third-order valence-electron chi connectivity index (χ3n) is 3.84. The number of hydrogen-bond acceptors (Lipinski definition) is 4.